The summed E-state index contributed by atoms with van der Waals surface area (Å²) in [6, 6.07) is 9.57. The summed E-state index contributed by atoms with van der Waals surface area (Å²) < 4.78 is 29.5. The molecule has 0 radical (unpaired) electrons. The van der Waals surface area contributed by atoms with E-state index in [0.717, 1.165) is 41.8 Å². The minimum Gasteiger partial charge on any atom is -0.382 e. The molecule has 1 aromatic carbocycles. The normalized spacial score (nSPS) is 18.0. The van der Waals surface area contributed by atoms with Crippen LogP contribution in [0.3, 0.4) is 0 Å². The molecule has 1 aliphatic rings. The molecule has 1 unspecified atom stereocenters. The van der Waals surface area contributed by atoms with Crippen molar-refractivity contribution >= 4 is 33.3 Å². The molecule has 0 saturated carbocycles. The monoisotopic (exact) mass is 519 g/mol. The molecule has 5 heterocycles. The number of aromatic nitrogens is 6. The molecule has 1 fully saturated rings. The Hall–Kier alpha value is -4.03. The van der Waals surface area contributed by atoms with Gasteiger partial charge in [-0.3, -0.25) is 4.98 Å². The lowest BCUT2D eigenvalue weighted by Crippen LogP contribution is -2.52. The number of benzene rings is 1. The largest absolute Gasteiger partial charge is 0.382 e. The van der Waals surface area contributed by atoms with Crippen LogP contribution in [0.4, 0.5) is 19.6 Å². The quantitative estimate of drug-likeness (QED) is 0.360. The average Bonchev–Trinajstić information content (AvgIpc) is 3.52. The molecular weight excluding hydrogens is 496 g/mol. The van der Waals surface area contributed by atoms with E-state index in [4.69, 9.17) is 16.5 Å². The average molecular weight is 520 g/mol. The lowest BCUT2D eigenvalue weighted by molar-refractivity contribution is 0.346. The van der Waals surface area contributed by atoms with Crippen molar-refractivity contribution in [3.63, 3.8) is 0 Å². The fourth-order valence-electron chi connectivity index (χ4n) is 4.75. The molecule has 1 saturated heterocycles. The van der Waals surface area contributed by atoms with E-state index in [-0.39, 0.29) is 0 Å². The highest BCUT2D eigenvalue weighted by Gasteiger charge is 2.36. The van der Waals surface area contributed by atoms with Gasteiger partial charge < -0.3 is 20.9 Å². The number of imidazole rings is 1. The van der Waals surface area contributed by atoms with Gasteiger partial charge >= 0.3 is 0 Å². The first-order valence-electron chi connectivity index (χ1n) is 11.7. The molecule has 4 aromatic heterocycles. The van der Waals surface area contributed by atoms with E-state index in [1.165, 1.54) is 29.8 Å². The summed E-state index contributed by atoms with van der Waals surface area (Å²) in [5.74, 6) is -1.52. The van der Waals surface area contributed by atoms with Crippen LogP contribution in [0.15, 0.2) is 55.2 Å². The topological polar surface area (TPSA) is 125 Å². The molecule has 5 aromatic rings. The molecule has 1 aliphatic heterocycles. The van der Waals surface area contributed by atoms with Crippen LogP contribution in [-0.2, 0) is 12.1 Å². The van der Waals surface area contributed by atoms with Crippen LogP contribution in [0.1, 0.15) is 24.2 Å². The van der Waals surface area contributed by atoms with Crippen LogP contribution < -0.4 is 16.4 Å². The number of nitrogen functional groups attached to an aromatic ring is 1. The highest BCUT2D eigenvalue weighted by Crippen LogP contribution is 2.39. The van der Waals surface area contributed by atoms with Crippen molar-refractivity contribution in [3.05, 3.63) is 78.3 Å². The summed E-state index contributed by atoms with van der Waals surface area (Å²) in [5.41, 5.74) is 15.4. The van der Waals surface area contributed by atoms with E-state index < -0.39 is 17.2 Å². The second kappa shape index (κ2) is 9.12. The maximum absolute atomic E-state index is 14.1. The van der Waals surface area contributed by atoms with Gasteiger partial charge in [0.05, 0.1) is 29.8 Å². The zero-order valence-corrected chi connectivity index (χ0v) is 20.5. The number of piperidine rings is 1. The molecule has 0 amide bonds. The molecule has 6 rings (SSSR count). The maximum atomic E-state index is 14.1. The SMILES string of the molecule is Nc1ncnc2c1ncn2Cc1nc(-c2ccc(F)c(F)c2)sc1N1CCCC(N)(c2ccccn2)C1. The predicted octanol–water partition coefficient (Wildman–Crippen LogP) is 3.71. The number of nitrogens with zero attached hydrogens (tertiary/aromatic N) is 7. The van der Waals surface area contributed by atoms with Crippen molar-refractivity contribution in [1.29, 1.82) is 0 Å². The van der Waals surface area contributed by atoms with Gasteiger partial charge in [0.15, 0.2) is 23.1 Å². The van der Waals surface area contributed by atoms with E-state index in [1.807, 2.05) is 22.8 Å². The number of nitrogens with two attached hydrogens (primary N) is 2. The summed E-state index contributed by atoms with van der Waals surface area (Å²) in [6.45, 7) is 1.66. The molecular formula is C25H23F2N9S. The van der Waals surface area contributed by atoms with Gasteiger partial charge in [-0.25, -0.2) is 28.7 Å². The number of fused-ring (bicyclic) bond motifs is 1. The van der Waals surface area contributed by atoms with E-state index in [1.54, 1.807) is 12.5 Å². The van der Waals surface area contributed by atoms with Crippen LogP contribution in [0, 0.1) is 11.6 Å². The second-order valence-corrected chi connectivity index (χ2v) is 10.1. The lowest BCUT2D eigenvalue weighted by atomic mass is 9.86. The smallest absolute Gasteiger partial charge is 0.165 e. The van der Waals surface area contributed by atoms with Crippen molar-refractivity contribution in [3.8, 4) is 10.6 Å². The van der Waals surface area contributed by atoms with Crippen LogP contribution in [0.5, 0.6) is 0 Å². The Morgan fingerprint density at radius 3 is 2.76 bits per heavy atom. The van der Waals surface area contributed by atoms with Gasteiger partial charge in [-0.1, -0.05) is 17.4 Å². The Balaban J connectivity index is 1.42. The zero-order valence-electron chi connectivity index (χ0n) is 19.7. The minimum absolute atomic E-state index is 0.295. The second-order valence-electron chi connectivity index (χ2n) is 9.10. The number of pyridine rings is 1. The van der Waals surface area contributed by atoms with Crippen molar-refractivity contribution in [2.45, 2.75) is 24.9 Å². The molecule has 188 valence electrons. The first-order valence-corrected chi connectivity index (χ1v) is 12.5. The molecule has 37 heavy (non-hydrogen) atoms. The number of rotatable bonds is 5. The third-order valence-electron chi connectivity index (χ3n) is 6.58. The van der Waals surface area contributed by atoms with Crippen LogP contribution in [0.2, 0.25) is 0 Å². The Morgan fingerprint density at radius 1 is 1.05 bits per heavy atom. The van der Waals surface area contributed by atoms with E-state index >= 15 is 0 Å². The van der Waals surface area contributed by atoms with Gasteiger partial charge in [-0.05, 0) is 43.2 Å². The van der Waals surface area contributed by atoms with Crippen molar-refractivity contribution < 1.29 is 8.78 Å². The number of anilines is 2. The van der Waals surface area contributed by atoms with Gasteiger partial charge in [0, 0.05) is 24.8 Å². The summed E-state index contributed by atoms with van der Waals surface area (Å²) in [5, 5.41) is 1.47. The lowest BCUT2D eigenvalue weighted by Gasteiger charge is -2.40. The van der Waals surface area contributed by atoms with Gasteiger partial charge in [0.25, 0.3) is 0 Å². The summed E-state index contributed by atoms with van der Waals surface area (Å²) in [6.07, 6.45) is 6.45. The summed E-state index contributed by atoms with van der Waals surface area (Å²) >= 11 is 1.42. The van der Waals surface area contributed by atoms with Gasteiger partial charge in [0.2, 0.25) is 0 Å². The van der Waals surface area contributed by atoms with Crippen molar-refractivity contribution in [2.24, 2.45) is 5.73 Å². The Labute approximate surface area is 214 Å². The maximum Gasteiger partial charge on any atom is 0.165 e. The number of halogens is 2. The van der Waals surface area contributed by atoms with Gasteiger partial charge in [-0.15, -0.1) is 0 Å². The van der Waals surface area contributed by atoms with E-state index in [0.29, 0.717) is 40.6 Å². The summed E-state index contributed by atoms with van der Waals surface area (Å²) in [4.78, 5) is 24.3. The molecule has 0 spiro atoms. The highest BCUT2D eigenvalue weighted by atomic mass is 32.1. The third-order valence-corrected chi connectivity index (χ3v) is 7.79. The van der Waals surface area contributed by atoms with E-state index in [2.05, 4.69) is 24.8 Å². The number of hydrogen-bond donors (Lipinski definition) is 2. The van der Waals surface area contributed by atoms with Crippen LogP contribution in [0.25, 0.3) is 21.7 Å². The summed E-state index contributed by atoms with van der Waals surface area (Å²) in [7, 11) is 0. The molecule has 9 nitrogen and oxygen atoms in total. The zero-order chi connectivity index (χ0) is 25.6. The van der Waals surface area contributed by atoms with Crippen molar-refractivity contribution in [2.75, 3.05) is 23.7 Å². The minimum atomic E-state index is -0.919. The highest BCUT2D eigenvalue weighted by molar-refractivity contribution is 7.19. The number of thiazole rings is 1. The number of hydrogen-bond acceptors (Lipinski definition) is 9. The molecule has 0 aliphatic carbocycles. The fraction of sp³-hybridized carbons (Fsp3) is 0.240. The first kappa shape index (κ1) is 23.4. The fourth-order valence-corrected chi connectivity index (χ4v) is 5.84. The Morgan fingerprint density at radius 2 is 1.95 bits per heavy atom. The van der Waals surface area contributed by atoms with E-state index in [9.17, 15) is 8.78 Å². The molecule has 4 N–H and O–H groups in total. The van der Waals surface area contributed by atoms with Gasteiger partial charge in [-0.2, -0.15) is 0 Å². The Bertz CT molecular complexity index is 1590. The van der Waals surface area contributed by atoms with Crippen molar-refractivity contribution in [1.82, 2.24) is 29.5 Å². The first-order chi connectivity index (χ1) is 17.9. The Kier molecular flexibility index (Phi) is 5.76. The van der Waals surface area contributed by atoms with Crippen LogP contribution >= 0.6 is 11.3 Å². The molecule has 0 bridgehead atoms. The molecule has 1 atom stereocenters. The standard InChI is InChI=1S/C25H23F2N9S/c26-16-6-5-15(10-17(16)27)23-34-18(11-36-14-33-20-21(28)31-13-32-22(20)36)24(37-23)35-9-3-7-25(29,12-35)19-4-1-2-8-30-19/h1-2,4-6,8,10,13-14H,3,7,9,11-12,29H2,(H2,28,31,32). The predicted molar refractivity (Wildman–Crippen MR) is 138 cm³/mol. The van der Waals surface area contributed by atoms with Gasteiger partial charge in [0.1, 0.15) is 21.9 Å². The molecule has 12 heteroatoms. The third kappa shape index (κ3) is 4.27. The van der Waals surface area contributed by atoms with Crippen LogP contribution in [-0.4, -0.2) is 42.6 Å².